The molecule has 23 heavy (non-hydrogen) atoms. The first kappa shape index (κ1) is 15.7. The molecule has 3 heterocycles. The molecule has 124 valence electrons. The van der Waals surface area contributed by atoms with Gasteiger partial charge in [-0.2, -0.15) is 0 Å². The molecule has 7 nitrogen and oxygen atoms in total. The molecule has 7 heteroatoms. The molecule has 1 saturated heterocycles. The Morgan fingerprint density at radius 2 is 2.09 bits per heavy atom. The highest BCUT2D eigenvalue weighted by Gasteiger charge is 2.36. The zero-order valence-corrected chi connectivity index (χ0v) is 14.2. The number of carbonyl (C=O) groups excluding carboxylic acids is 1. The van der Waals surface area contributed by atoms with Crippen LogP contribution in [0, 0.1) is 12.8 Å². The summed E-state index contributed by atoms with van der Waals surface area (Å²) in [5.74, 6) is 0.678. The number of carbonyl (C=O) groups is 1. The fourth-order valence-corrected chi connectivity index (χ4v) is 3.39. The van der Waals surface area contributed by atoms with Crippen LogP contribution in [-0.2, 0) is 7.05 Å². The first-order valence-electron chi connectivity index (χ1n) is 7.71. The lowest BCUT2D eigenvalue weighted by atomic mass is 10.1. The van der Waals surface area contributed by atoms with E-state index in [0.717, 1.165) is 0 Å². The molecule has 1 amide bonds. The maximum absolute atomic E-state index is 13.0. The molecule has 2 atom stereocenters. The number of rotatable bonds is 2. The zero-order valence-electron chi connectivity index (χ0n) is 14.2. The predicted octanol–water partition coefficient (Wildman–Crippen LogP) is 0.857. The van der Waals surface area contributed by atoms with Gasteiger partial charge in [0.2, 0.25) is 5.71 Å². The fourth-order valence-electron chi connectivity index (χ4n) is 3.39. The molecule has 0 N–H and O–H groups in total. The number of furan rings is 1. The van der Waals surface area contributed by atoms with Crippen molar-refractivity contribution in [1.82, 2.24) is 19.4 Å². The van der Waals surface area contributed by atoms with Crippen LogP contribution in [0.3, 0.4) is 0 Å². The number of likely N-dealkylation sites (tertiary alicyclic amines) is 1. The molecule has 0 bridgehead atoms. The van der Waals surface area contributed by atoms with Crippen molar-refractivity contribution < 1.29 is 9.21 Å². The van der Waals surface area contributed by atoms with Gasteiger partial charge in [0.1, 0.15) is 17.5 Å². The fraction of sp³-hybridized carbons (Fsp3) is 0.562. The molecular formula is C16H22N4O3. The first-order valence-corrected chi connectivity index (χ1v) is 7.71. The highest BCUT2D eigenvalue weighted by Crippen LogP contribution is 2.26. The number of aryl methyl sites for hydroxylation is 2. The van der Waals surface area contributed by atoms with E-state index in [1.165, 1.54) is 10.9 Å². The van der Waals surface area contributed by atoms with Gasteiger partial charge in [0.15, 0.2) is 0 Å². The number of amides is 1. The van der Waals surface area contributed by atoms with Crippen molar-refractivity contribution in [3.63, 3.8) is 0 Å². The van der Waals surface area contributed by atoms with Gasteiger partial charge in [0.05, 0.1) is 5.56 Å². The topological polar surface area (TPSA) is 71.6 Å². The lowest BCUT2D eigenvalue weighted by Gasteiger charge is -2.22. The molecule has 0 aromatic carbocycles. The number of hydrogen-bond donors (Lipinski definition) is 0. The number of fused-ring (bicyclic) bond motifs is 1. The third-order valence-corrected chi connectivity index (χ3v) is 4.69. The Morgan fingerprint density at radius 1 is 1.39 bits per heavy atom. The molecule has 2 aromatic rings. The third kappa shape index (κ3) is 2.45. The molecular weight excluding hydrogens is 296 g/mol. The van der Waals surface area contributed by atoms with Gasteiger partial charge < -0.3 is 18.8 Å². The number of nitrogens with zero attached hydrogens (tertiary/aromatic N) is 4. The summed E-state index contributed by atoms with van der Waals surface area (Å²) in [5.41, 5.74) is 0.317. The summed E-state index contributed by atoms with van der Waals surface area (Å²) in [6.07, 6.45) is 1.40. The lowest BCUT2D eigenvalue weighted by Crippen LogP contribution is -2.36. The van der Waals surface area contributed by atoms with Crippen LogP contribution in [0.2, 0.25) is 0 Å². The van der Waals surface area contributed by atoms with Crippen LogP contribution in [-0.4, -0.2) is 58.5 Å². The average Bonchev–Trinajstić information content (AvgIpc) is 3.03. The molecule has 0 saturated carbocycles. The third-order valence-electron chi connectivity index (χ3n) is 4.69. The number of hydrogen-bond acceptors (Lipinski definition) is 5. The van der Waals surface area contributed by atoms with Crippen LogP contribution >= 0.6 is 0 Å². The van der Waals surface area contributed by atoms with E-state index in [-0.39, 0.29) is 22.6 Å². The van der Waals surface area contributed by atoms with E-state index in [1.54, 1.807) is 18.9 Å². The summed E-state index contributed by atoms with van der Waals surface area (Å²) >= 11 is 0. The molecule has 1 fully saturated rings. The summed E-state index contributed by atoms with van der Waals surface area (Å²) in [5, 5.41) is 0.276. The van der Waals surface area contributed by atoms with E-state index in [0.29, 0.717) is 36.4 Å². The maximum Gasteiger partial charge on any atom is 0.265 e. The molecule has 3 rings (SSSR count). The van der Waals surface area contributed by atoms with Crippen molar-refractivity contribution in [2.45, 2.75) is 19.9 Å². The highest BCUT2D eigenvalue weighted by molar-refractivity contribution is 6.06. The Labute approximate surface area is 134 Å². The van der Waals surface area contributed by atoms with Crippen LogP contribution in [0.15, 0.2) is 15.5 Å². The second-order valence-electron chi connectivity index (χ2n) is 6.59. The van der Waals surface area contributed by atoms with E-state index >= 15 is 0 Å². The van der Waals surface area contributed by atoms with E-state index in [1.807, 2.05) is 14.1 Å². The summed E-state index contributed by atoms with van der Waals surface area (Å²) in [6, 6.07) is 0.318. The smallest absolute Gasteiger partial charge is 0.265 e. The van der Waals surface area contributed by atoms with Gasteiger partial charge in [-0.15, -0.1) is 0 Å². The van der Waals surface area contributed by atoms with Gasteiger partial charge in [0.25, 0.3) is 11.5 Å². The second kappa shape index (κ2) is 5.49. The summed E-state index contributed by atoms with van der Waals surface area (Å²) in [7, 11) is 5.66. The van der Waals surface area contributed by atoms with Crippen molar-refractivity contribution in [3.8, 4) is 0 Å². The van der Waals surface area contributed by atoms with Crippen molar-refractivity contribution in [1.29, 1.82) is 0 Å². The van der Waals surface area contributed by atoms with E-state index < -0.39 is 0 Å². The summed E-state index contributed by atoms with van der Waals surface area (Å²) < 4.78 is 6.90. The van der Waals surface area contributed by atoms with Gasteiger partial charge in [-0.25, -0.2) is 4.98 Å². The SMILES string of the molecule is Cc1oc2ncn(C)c(=O)c2c1C(=O)N1C[C@@H](N(C)C)[C@@H](C)C1. The molecule has 0 radical (unpaired) electrons. The molecule has 1 aliphatic rings. The Hall–Kier alpha value is -2.15. The Kier molecular flexibility index (Phi) is 3.75. The normalized spacial score (nSPS) is 21.6. The van der Waals surface area contributed by atoms with Crippen LogP contribution in [0.5, 0.6) is 0 Å². The summed E-state index contributed by atoms with van der Waals surface area (Å²) in [6.45, 7) is 5.17. The van der Waals surface area contributed by atoms with Crippen molar-refractivity contribution in [2.75, 3.05) is 27.2 Å². The molecule has 1 aliphatic heterocycles. The molecule has 0 aliphatic carbocycles. The monoisotopic (exact) mass is 318 g/mol. The van der Waals surface area contributed by atoms with Gasteiger partial charge >= 0.3 is 0 Å². The standard InChI is InChI=1S/C16H22N4O3/c1-9-6-20(7-11(9)18(3)4)16(22)12-10(2)23-14-13(12)15(21)19(5)8-17-14/h8-9,11H,6-7H2,1-5H3/t9-,11+/m0/s1. The lowest BCUT2D eigenvalue weighted by molar-refractivity contribution is 0.0781. The second-order valence-corrected chi connectivity index (χ2v) is 6.59. The minimum Gasteiger partial charge on any atom is -0.442 e. The minimum atomic E-state index is -0.258. The largest absolute Gasteiger partial charge is 0.442 e. The number of aromatic nitrogens is 2. The highest BCUT2D eigenvalue weighted by atomic mass is 16.3. The maximum atomic E-state index is 13.0. The van der Waals surface area contributed by atoms with Crippen LogP contribution in [0.4, 0.5) is 0 Å². The Bertz CT molecular complexity index is 821. The molecule has 0 spiro atoms. The van der Waals surface area contributed by atoms with Gasteiger partial charge in [-0.05, 0) is 26.9 Å². The number of likely N-dealkylation sites (N-methyl/N-ethyl adjacent to an activating group) is 1. The van der Waals surface area contributed by atoms with E-state index in [2.05, 4.69) is 16.8 Å². The van der Waals surface area contributed by atoms with Crippen molar-refractivity contribution >= 4 is 17.0 Å². The van der Waals surface area contributed by atoms with Gasteiger partial charge in [-0.3, -0.25) is 9.59 Å². The predicted molar refractivity (Wildman–Crippen MR) is 86.5 cm³/mol. The summed E-state index contributed by atoms with van der Waals surface area (Å²) in [4.78, 5) is 33.4. The quantitative estimate of drug-likeness (QED) is 0.821. The molecule has 0 unspecified atom stereocenters. The van der Waals surface area contributed by atoms with E-state index in [9.17, 15) is 9.59 Å². The van der Waals surface area contributed by atoms with Gasteiger partial charge in [0, 0.05) is 26.2 Å². The molecule has 2 aromatic heterocycles. The first-order chi connectivity index (χ1) is 10.8. The van der Waals surface area contributed by atoms with Gasteiger partial charge in [-0.1, -0.05) is 6.92 Å². The Balaban J connectivity index is 2.04. The minimum absolute atomic E-state index is 0.150. The van der Waals surface area contributed by atoms with Crippen LogP contribution in [0.1, 0.15) is 23.0 Å². The van der Waals surface area contributed by atoms with Crippen LogP contribution in [0.25, 0.3) is 11.1 Å². The Morgan fingerprint density at radius 3 is 2.70 bits per heavy atom. The zero-order chi connectivity index (χ0) is 16.9. The van der Waals surface area contributed by atoms with E-state index in [4.69, 9.17) is 4.42 Å². The van der Waals surface area contributed by atoms with Crippen molar-refractivity contribution in [3.05, 3.63) is 28.0 Å². The van der Waals surface area contributed by atoms with Crippen LogP contribution < -0.4 is 5.56 Å². The average molecular weight is 318 g/mol. The van der Waals surface area contributed by atoms with Crippen molar-refractivity contribution in [2.24, 2.45) is 13.0 Å².